The quantitative estimate of drug-likeness (QED) is 0.679. The summed E-state index contributed by atoms with van der Waals surface area (Å²) in [6.07, 6.45) is 6.48. The van der Waals surface area contributed by atoms with Gasteiger partial charge in [0.1, 0.15) is 0 Å². The number of hydrogen-bond acceptors (Lipinski definition) is 4. The molecule has 148 valence electrons. The molecule has 0 unspecified atom stereocenters. The van der Waals surface area contributed by atoms with Gasteiger partial charge in [0.15, 0.2) is 0 Å². The Morgan fingerprint density at radius 2 is 1.89 bits per heavy atom. The van der Waals surface area contributed by atoms with Crippen LogP contribution in [-0.2, 0) is 14.8 Å². The Bertz CT molecular complexity index is 770. The van der Waals surface area contributed by atoms with Gasteiger partial charge in [-0.25, -0.2) is 12.7 Å². The third-order valence-corrected chi connectivity index (χ3v) is 8.82. The summed E-state index contributed by atoms with van der Waals surface area (Å²) in [7, 11) is -3.17. The fourth-order valence-electron chi connectivity index (χ4n) is 3.73. The molecule has 1 amide bonds. The number of piperidine rings is 1. The lowest BCUT2D eigenvalue weighted by Crippen LogP contribution is -2.53. The molecule has 0 saturated carbocycles. The number of carbonyl (C=O) groups is 1. The summed E-state index contributed by atoms with van der Waals surface area (Å²) in [6.45, 7) is 3.74. The molecule has 2 heterocycles. The highest BCUT2D eigenvalue weighted by Gasteiger charge is 2.47. The second-order valence-corrected chi connectivity index (χ2v) is 10.6. The second kappa shape index (κ2) is 8.80. The number of thioether (sulfide) groups is 1. The predicted molar refractivity (Wildman–Crippen MR) is 112 cm³/mol. The summed E-state index contributed by atoms with van der Waals surface area (Å²) in [4.78, 5) is 14.5. The minimum atomic E-state index is -3.17. The molecule has 2 fully saturated rings. The summed E-state index contributed by atoms with van der Waals surface area (Å²) >= 11 is 1.80. The number of rotatable bonds is 6. The Kier molecular flexibility index (Phi) is 6.65. The van der Waals surface area contributed by atoms with E-state index in [1.807, 2.05) is 48.2 Å². The van der Waals surface area contributed by atoms with Crippen LogP contribution in [0.5, 0.6) is 0 Å². The number of hydrogen-bond donors (Lipinski definition) is 0. The molecular weight excluding hydrogens is 380 g/mol. The van der Waals surface area contributed by atoms with Gasteiger partial charge in [-0.05, 0) is 30.9 Å². The largest absolute Gasteiger partial charge is 0.324 e. The van der Waals surface area contributed by atoms with Crippen LogP contribution in [0, 0.1) is 0 Å². The maximum Gasteiger partial charge on any atom is 0.247 e. The van der Waals surface area contributed by atoms with E-state index in [9.17, 15) is 13.2 Å². The molecule has 2 aliphatic heterocycles. The third kappa shape index (κ3) is 4.76. The van der Waals surface area contributed by atoms with Crippen molar-refractivity contribution in [3.05, 3.63) is 42.0 Å². The molecule has 5 nitrogen and oxygen atoms in total. The second-order valence-electron chi connectivity index (χ2n) is 7.10. The van der Waals surface area contributed by atoms with Crippen molar-refractivity contribution in [3.8, 4) is 0 Å². The number of carbonyl (C=O) groups excluding carboxylic acids is 1. The van der Waals surface area contributed by atoms with Gasteiger partial charge < -0.3 is 4.90 Å². The number of unbranched alkanes of at least 4 members (excludes halogenated alkanes) is 1. The average Bonchev–Trinajstić information content (AvgIpc) is 3.08. The van der Waals surface area contributed by atoms with E-state index in [0.717, 1.165) is 24.3 Å². The number of sulfonamides is 1. The predicted octanol–water partition coefficient (Wildman–Crippen LogP) is 3.20. The van der Waals surface area contributed by atoms with Crippen molar-refractivity contribution in [1.29, 1.82) is 0 Å². The molecule has 0 bridgehead atoms. The molecule has 0 aromatic heterocycles. The van der Waals surface area contributed by atoms with Crippen molar-refractivity contribution in [2.75, 3.05) is 31.1 Å². The van der Waals surface area contributed by atoms with Gasteiger partial charge in [0.25, 0.3) is 0 Å². The first-order chi connectivity index (χ1) is 13.0. The lowest BCUT2D eigenvalue weighted by atomic mass is 10.0. The van der Waals surface area contributed by atoms with Crippen LogP contribution >= 0.6 is 11.8 Å². The van der Waals surface area contributed by atoms with Gasteiger partial charge in [0, 0.05) is 31.5 Å². The van der Waals surface area contributed by atoms with E-state index in [0.29, 0.717) is 32.4 Å². The van der Waals surface area contributed by atoms with Crippen LogP contribution in [0.2, 0.25) is 0 Å². The van der Waals surface area contributed by atoms with E-state index in [-0.39, 0.29) is 16.5 Å². The molecule has 0 radical (unpaired) electrons. The molecule has 27 heavy (non-hydrogen) atoms. The Morgan fingerprint density at radius 3 is 2.56 bits per heavy atom. The minimum absolute atomic E-state index is 0.0196. The normalized spacial score (nSPS) is 20.6. The molecule has 7 heteroatoms. The van der Waals surface area contributed by atoms with Gasteiger partial charge in [-0.3, -0.25) is 4.79 Å². The zero-order valence-corrected chi connectivity index (χ0v) is 17.5. The SMILES string of the molecule is CCCCS(=O)(=O)N1CCC2(CC1)SCCN2C(=O)C=Cc1ccccc1. The molecule has 0 N–H and O–H groups in total. The Morgan fingerprint density at radius 1 is 1.19 bits per heavy atom. The molecule has 0 aliphatic carbocycles. The first kappa shape index (κ1) is 20.4. The minimum Gasteiger partial charge on any atom is -0.324 e. The maximum absolute atomic E-state index is 12.8. The summed E-state index contributed by atoms with van der Waals surface area (Å²) < 4.78 is 26.5. The highest BCUT2D eigenvalue weighted by atomic mass is 32.2. The van der Waals surface area contributed by atoms with Crippen LogP contribution in [0.3, 0.4) is 0 Å². The van der Waals surface area contributed by atoms with Crippen molar-refractivity contribution in [2.24, 2.45) is 0 Å². The van der Waals surface area contributed by atoms with Crippen LogP contribution in [-0.4, -0.2) is 59.5 Å². The van der Waals surface area contributed by atoms with Crippen LogP contribution in [0.1, 0.15) is 38.2 Å². The summed E-state index contributed by atoms with van der Waals surface area (Å²) in [5.74, 6) is 1.16. The Hall–Kier alpha value is -1.31. The fraction of sp³-hybridized carbons (Fsp3) is 0.550. The van der Waals surface area contributed by atoms with Gasteiger partial charge in [-0.15, -0.1) is 11.8 Å². The average molecular weight is 409 g/mol. The van der Waals surface area contributed by atoms with Crippen molar-refractivity contribution in [2.45, 2.75) is 37.5 Å². The maximum atomic E-state index is 12.8. The topological polar surface area (TPSA) is 57.7 Å². The van der Waals surface area contributed by atoms with E-state index in [1.54, 1.807) is 22.1 Å². The first-order valence-corrected chi connectivity index (χ1v) is 12.2. The molecule has 1 spiro atoms. The zero-order valence-electron chi connectivity index (χ0n) is 15.8. The van der Waals surface area contributed by atoms with Crippen LogP contribution in [0.4, 0.5) is 0 Å². The van der Waals surface area contributed by atoms with Gasteiger partial charge in [-0.2, -0.15) is 0 Å². The van der Waals surface area contributed by atoms with Crippen LogP contribution < -0.4 is 0 Å². The van der Waals surface area contributed by atoms with Crippen molar-refractivity contribution in [1.82, 2.24) is 9.21 Å². The summed E-state index contributed by atoms with van der Waals surface area (Å²) in [6, 6.07) is 9.79. The molecule has 0 atom stereocenters. The molecular formula is C20H28N2O3S2. The number of amides is 1. The monoisotopic (exact) mass is 408 g/mol. The summed E-state index contributed by atoms with van der Waals surface area (Å²) in [5.41, 5.74) is 1.00. The molecule has 2 saturated heterocycles. The lowest BCUT2D eigenvalue weighted by molar-refractivity contribution is -0.129. The van der Waals surface area contributed by atoms with Gasteiger partial charge in [0.2, 0.25) is 15.9 Å². The van der Waals surface area contributed by atoms with Gasteiger partial charge in [-0.1, -0.05) is 43.7 Å². The van der Waals surface area contributed by atoms with Crippen LogP contribution in [0.15, 0.2) is 36.4 Å². The third-order valence-electron chi connectivity index (χ3n) is 5.31. The fourth-order valence-corrected chi connectivity index (χ4v) is 6.84. The van der Waals surface area contributed by atoms with E-state index < -0.39 is 10.0 Å². The number of nitrogens with zero attached hydrogens (tertiary/aromatic N) is 2. The van der Waals surface area contributed by atoms with Crippen molar-refractivity contribution in [3.63, 3.8) is 0 Å². The molecule has 3 rings (SSSR count). The van der Waals surface area contributed by atoms with Gasteiger partial charge in [0.05, 0.1) is 10.6 Å². The first-order valence-electron chi connectivity index (χ1n) is 9.63. The van der Waals surface area contributed by atoms with Gasteiger partial charge >= 0.3 is 0 Å². The molecule has 1 aromatic rings. The van der Waals surface area contributed by atoms with Crippen molar-refractivity contribution < 1.29 is 13.2 Å². The smallest absolute Gasteiger partial charge is 0.247 e. The Labute approximate surface area is 166 Å². The Balaban J connectivity index is 1.64. The van der Waals surface area contributed by atoms with Crippen molar-refractivity contribution >= 4 is 33.8 Å². The van der Waals surface area contributed by atoms with E-state index in [2.05, 4.69) is 0 Å². The van der Waals surface area contributed by atoms with E-state index in [4.69, 9.17) is 0 Å². The zero-order chi connectivity index (χ0) is 19.3. The van der Waals surface area contributed by atoms with E-state index >= 15 is 0 Å². The highest BCUT2D eigenvalue weighted by molar-refractivity contribution is 8.00. The summed E-state index contributed by atoms with van der Waals surface area (Å²) in [5, 5.41) is 0. The molecule has 2 aliphatic rings. The highest BCUT2D eigenvalue weighted by Crippen LogP contribution is 2.44. The van der Waals surface area contributed by atoms with Crippen LogP contribution in [0.25, 0.3) is 6.08 Å². The number of benzene rings is 1. The van der Waals surface area contributed by atoms with E-state index in [1.165, 1.54) is 0 Å². The lowest BCUT2D eigenvalue weighted by Gasteiger charge is -2.43. The standard InChI is InChI=1S/C20H28N2O3S2/c1-2-3-17-27(24,25)21-13-11-20(12-14-21)22(15-16-26-20)19(23)10-9-18-7-5-4-6-8-18/h4-10H,2-3,11-17H2,1H3. The molecule has 1 aromatic carbocycles.